The molecule has 30 heavy (non-hydrogen) atoms. The molecule has 0 atom stereocenters. The highest BCUT2D eigenvalue weighted by atomic mass is 14.2. The van der Waals surface area contributed by atoms with E-state index in [4.69, 9.17) is 0 Å². The fourth-order valence-electron chi connectivity index (χ4n) is 4.72. The Kier molecular flexibility index (Phi) is 4.44. The zero-order valence-corrected chi connectivity index (χ0v) is 18.1. The van der Waals surface area contributed by atoms with Gasteiger partial charge in [0.05, 0.1) is 0 Å². The van der Waals surface area contributed by atoms with Crippen LogP contribution in [0.4, 0.5) is 0 Å². The third-order valence-corrected chi connectivity index (χ3v) is 6.26. The second kappa shape index (κ2) is 7.15. The lowest BCUT2D eigenvalue weighted by Gasteiger charge is -2.20. The van der Waals surface area contributed by atoms with Crippen LogP contribution in [0.25, 0.3) is 43.8 Å². The maximum Gasteiger partial charge on any atom is -0.00236 e. The van der Waals surface area contributed by atoms with Gasteiger partial charge in [-0.05, 0) is 82.6 Å². The van der Waals surface area contributed by atoms with E-state index in [0.29, 0.717) is 0 Å². The highest BCUT2D eigenvalue weighted by Gasteiger charge is 2.18. The van der Waals surface area contributed by atoms with E-state index in [1.165, 1.54) is 66.1 Å². The van der Waals surface area contributed by atoms with Crippen LogP contribution in [0.5, 0.6) is 0 Å². The first-order valence-electron chi connectivity index (χ1n) is 10.6. The molecule has 0 heteroatoms. The standard InChI is InChI=1S/C30H26/c1-19-13-15-21(3)27(17-19)29-23-9-5-7-11-25(23)30(26-12-8-6-10-24(26)29)28-18-20(2)14-16-22(28)4/h5-18H,1-4H3. The van der Waals surface area contributed by atoms with Gasteiger partial charge in [0.1, 0.15) is 0 Å². The van der Waals surface area contributed by atoms with E-state index in [9.17, 15) is 0 Å². The molecule has 0 bridgehead atoms. The molecular formula is C30H26. The molecule has 0 amide bonds. The van der Waals surface area contributed by atoms with Crippen LogP contribution in [0.15, 0.2) is 84.9 Å². The van der Waals surface area contributed by atoms with Gasteiger partial charge in [0.2, 0.25) is 0 Å². The number of hydrogen-bond acceptors (Lipinski definition) is 0. The van der Waals surface area contributed by atoms with E-state index in [1.54, 1.807) is 0 Å². The molecule has 0 aliphatic heterocycles. The Balaban J connectivity index is 2.03. The average Bonchev–Trinajstić information content (AvgIpc) is 2.76. The lowest BCUT2D eigenvalue weighted by molar-refractivity contribution is 1.40. The first-order chi connectivity index (χ1) is 14.5. The molecule has 5 aromatic rings. The smallest absolute Gasteiger partial charge is 0.00236 e. The fourth-order valence-corrected chi connectivity index (χ4v) is 4.72. The number of hydrogen-bond donors (Lipinski definition) is 0. The predicted octanol–water partition coefficient (Wildman–Crippen LogP) is 8.56. The van der Waals surface area contributed by atoms with Crippen LogP contribution in [-0.4, -0.2) is 0 Å². The zero-order chi connectivity index (χ0) is 20.8. The van der Waals surface area contributed by atoms with Crippen LogP contribution in [0.2, 0.25) is 0 Å². The molecule has 0 nitrogen and oxygen atoms in total. The maximum atomic E-state index is 2.33. The summed E-state index contributed by atoms with van der Waals surface area (Å²) in [5.74, 6) is 0. The largest absolute Gasteiger partial charge is 0.0616 e. The summed E-state index contributed by atoms with van der Waals surface area (Å²) in [5, 5.41) is 5.28. The van der Waals surface area contributed by atoms with Gasteiger partial charge in [0.25, 0.3) is 0 Å². The minimum Gasteiger partial charge on any atom is -0.0616 e. The molecule has 146 valence electrons. The number of benzene rings is 5. The third-order valence-electron chi connectivity index (χ3n) is 6.26. The van der Waals surface area contributed by atoms with Crippen molar-refractivity contribution in [3.63, 3.8) is 0 Å². The van der Waals surface area contributed by atoms with Gasteiger partial charge in [-0.3, -0.25) is 0 Å². The summed E-state index contributed by atoms with van der Waals surface area (Å²) in [6.07, 6.45) is 0. The van der Waals surface area contributed by atoms with Crippen LogP contribution in [0, 0.1) is 27.7 Å². The summed E-state index contributed by atoms with van der Waals surface area (Å²) in [5.41, 5.74) is 10.6. The minimum atomic E-state index is 1.29. The predicted molar refractivity (Wildman–Crippen MR) is 131 cm³/mol. The van der Waals surface area contributed by atoms with Crippen LogP contribution in [-0.2, 0) is 0 Å². The Labute approximate surface area is 178 Å². The zero-order valence-electron chi connectivity index (χ0n) is 18.1. The van der Waals surface area contributed by atoms with Crippen LogP contribution in [0.1, 0.15) is 22.3 Å². The lowest BCUT2D eigenvalue weighted by Crippen LogP contribution is -1.94. The topological polar surface area (TPSA) is 0 Å². The van der Waals surface area contributed by atoms with Gasteiger partial charge in [0.15, 0.2) is 0 Å². The van der Waals surface area contributed by atoms with E-state index < -0.39 is 0 Å². The van der Waals surface area contributed by atoms with Crippen LogP contribution >= 0.6 is 0 Å². The molecule has 0 saturated carbocycles. The second-order valence-corrected chi connectivity index (χ2v) is 8.48. The molecule has 0 aromatic heterocycles. The van der Waals surface area contributed by atoms with Gasteiger partial charge in [-0.2, -0.15) is 0 Å². The van der Waals surface area contributed by atoms with Crippen LogP contribution in [0.3, 0.4) is 0 Å². The first-order valence-corrected chi connectivity index (χ1v) is 10.6. The van der Waals surface area contributed by atoms with Crippen molar-refractivity contribution in [3.8, 4) is 22.3 Å². The first kappa shape index (κ1) is 18.6. The Morgan fingerprint density at radius 3 is 1.07 bits per heavy atom. The van der Waals surface area contributed by atoms with Gasteiger partial charge in [-0.1, -0.05) is 96.1 Å². The van der Waals surface area contributed by atoms with Crippen molar-refractivity contribution in [2.24, 2.45) is 0 Å². The quantitative estimate of drug-likeness (QED) is 0.267. The molecule has 5 aromatic carbocycles. The second-order valence-electron chi connectivity index (χ2n) is 8.48. The van der Waals surface area contributed by atoms with E-state index in [-0.39, 0.29) is 0 Å². The molecule has 0 saturated heterocycles. The highest BCUT2D eigenvalue weighted by molar-refractivity contribution is 6.21. The Morgan fingerprint density at radius 1 is 0.400 bits per heavy atom. The molecule has 0 fully saturated rings. The van der Waals surface area contributed by atoms with Crippen molar-refractivity contribution in [1.29, 1.82) is 0 Å². The van der Waals surface area contributed by atoms with Crippen molar-refractivity contribution in [2.75, 3.05) is 0 Å². The molecule has 0 radical (unpaired) electrons. The molecular weight excluding hydrogens is 360 g/mol. The molecule has 0 N–H and O–H groups in total. The van der Waals surface area contributed by atoms with Gasteiger partial charge in [-0.15, -0.1) is 0 Å². The van der Waals surface area contributed by atoms with E-state index in [2.05, 4.69) is 113 Å². The van der Waals surface area contributed by atoms with Crippen molar-refractivity contribution in [2.45, 2.75) is 27.7 Å². The fraction of sp³-hybridized carbons (Fsp3) is 0.133. The van der Waals surface area contributed by atoms with Crippen molar-refractivity contribution >= 4 is 21.5 Å². The van der Waals surface area contributed by atoms with Crippen molar-refractivity contribution < 1.29 is 0 Å². The number of aryl methyl sites for hydroxylation is 4. The number of rotatable bonds is 2. The summed E-state index contributed by atoms with van der Waals surface area (Å²) in [7, 11) is 0. The summed E-state index contributed by atoms with van der Waals surface area (Å²) in [4.78, 5) is 0. The lowest BCUT2D eigenvalue weighted by atomic mass is 9.83. The average molecular weight is 387 g/mol. The molecule has 0 aliphatic rings. The van der Waals surface area contributed by atoms with Crippen LogP contribution < -0.4 is 0 Å². The van der Waals surface area contributed by atoms with Gasteiger partial charge in [-0.25, -0.2) is 0 Å². The maximum absolute atomic E-state index is 2.33. The summed E-state index contributed by atoms with van der Waals surface area (Å²) < 4.78 is 0. The highest BCUT2D eigenvalue weighted by Crippen LogP contribution is 2.45. The van der Waals surface area contributed by atoms with Crippen molar-refractivity contribution in [1.82, 2.24) is 0 Å². The van der Waals surface area contributed by atoms with E-state index in [0.717, 1.165) is 0 Å². The van der Waals surface area contributed by atoms with Gasteiger partial charge >= 0.3 is 0 Å². The third kappa shape index (κ3) is 2.92. The molecule has 0 aliphatic carbocycles. The van der Waals surface area contributed by atoms with E-state index >= 15 is 0 Å². The Bertz CT molecular complexity index is 1250. The normalized spacial score (nSPS) is 11.3. The molecule has 0 spiro atoms. The number of fused-ring (bicyclic) bond motifs is 2. The molecule has 5 rings (SSSR count). The SMILES string of the molecule is Cc1ccc(C)c(-c2c3ccccc3c(-c3cc(C)ccc3C)c3ccccc23)c1. The Hall–Kier alpha value is -3.38. The van der Waals surface area contributed by atoms with Gasteiger partial charge in [0, 0.05) is 0 Å². The Morgan fingerprint density at radius 2 is 0.733 bits per heavy atom. The molecule has 0 heterocycles. The van der Waals surface area contributed by atoms with E-state index in [1.807, 2.05) is 0 Å². The van der Waals surface area contributed by atoms with Crippen molar-refractivity contribution in [3.05, 3.63) is 107 Å². The minimum absolute atomic E-state index is 1.29. The summed E-state index contributed by atoms with van der Waals surface area (Å²) in [6.45, 7) is 8.80. The summed E-state index contributed by atoms with van der Waals surface area (Å²) >= 11 is 0. The summed E-state index contributed by atoms with van der Waals surface area (Å²) in [6, 6.07) is 31.4. The monoisotopic (exact) mass is 386 g/mol. The van der Waals surface area contributed by atoms with Gasteiger partial charge < -0.3 is 0 Å². The molecule has 0 unspecified atom stereocenters.